The molecule has 0 saturated heterocycles. The minimum absolute atomic E-state index is 0.947. The predicted molar refractivity (Wildman–Crippen MR) is 88.8 cm³/mol. The van der Waals surface area contributed by atoms with Crippen molar-refractivity contribution >= 4 is 27.7 Å². The number of thioether (sulfide) groups is 1. The molecule has 1 N–H and O–H groups in total. The lowest BCUT2D eigenvalue weighted by molar-refractivity contribution is 0.623. The molecular weight excluding hydrogens is 318 g/mol. The maximum absolute atomic E-state index is 3.72. The average molecular weight is 342 g/mol. The molecule has 0 unspecified atom stereocenters. The van der Waals surface area contributed by atoms with Gasteiger partial charge in [-0.3, -0.25) is 0 Å². The highest BCUT2D eigenvalue weighted by Crippen LogP contribution is 2.34. The fraction of sp³-hybridized carbons (Fsp3) is 0.625. The Kier molecular flexibility index (Phi) is 6.75. The molecule has 1 aromatic rings. The number of hydrogen-bond donors (Lipinski definition) is 1. The van der Waals surface area contributed by atoms with E-state index < -0.39 is 0 Å². The average Bonchev–Trinajstić information content (AvgIpc) is 2.91. The standard InChI is InChI=1S/C16H24BrNS/c1-2-9-18-11-14-7-8-16(15(17)10-14)19-12-13-5-3-4-6-13/h7-8,10,13,18H,2-6,9,11-12H2,1H3. The van der Waals surface area contributed by atoms with Crippen LogP contribution in [0.1, 0.15) is 44.6 Å². The molecule has 1 aliphatic rings. The van der Waals surface area contributed by atoms with Crippen molar-refractivity contribution in [3.05, 3.63) is 28.2 Å². The van der Waals surface area contributed by atoms with Crippen LogP contribution in [-0.2, 0) is 6.54 Å². The molecule has 0 aromatic heterocycles. The summed E-state index contributed by atoms with van der Waals surface area (Å²) in [7, 11) is 0. The van der Waals surface area contributed by atoms with Crippen molar-refractivity contribution in [1.29, 1.82) is 0 Å². The van der Waals surface area contributed by atoms with E-state index in [4.69, 9.17) is 0 Å². The van der Waals surface area contributed by atoms with Gasteiger partial charge in [0.25, 0.3) is 0 Å². The van der Waals surface area contributed by atoms with Crippen LogP contribution in [0.2, 0.25) is 0 Å². The molecule has 1 aromatic carbocycles. The summed E-state index contributed by atoms with van der Waals surface area (Å²) in [6.07, 6.45) is 6.94. The zero-order valence-electron chi connectivity index (χ0n) is 11.8. The highest BCUT2D eigenvalue weighted by Gasteiger charge is 2.15. The van der Waals surface area contributed by atoms with E-state index in [1.807, 2.05) is 11.8 Å². The van der Waals surface area contributed by atoms with Gasteiger partial charge >= 0.3 is 0 Å². The van der Waals surface area contributed by atoms with Crippen LogP contribution in [-0.4, -0.2) is 12.3 Å². The summed E-state index contributed by atoms with van der Waals surface area (Å²) in [5.74, 6) is 2.23. The Bertz CT molecular complexity index is 388. The van der Waals surface area contributed by atoms with Crippen molar-refractivity contribution in [3.8, 4) is 0 Å². The summed E-state index contributed by atoms with van der Waals surface area (Å²) in [4.78, 5) is 1.39. The van der Waals surface area contributed by atoms with Crippen molar-refractivity contribution in [3.63, 3.8) is 0 Å². The lowest BCUT2D eigenvalue weighted by Gasteiger charge is -2.11. The second-order valence-electron chi connectivity index (χ2n) is 5.40. The maximum Gasteiger partial charge on any atom is 0.0314 e. The summed E-state index contributed by atoms with van der Waals surface area (Å²) in [6, 6.07) is 6.79. The Hall–Kier alpha value is 0.01000. The van der Waals surface area contributed by atoms with Crippen molar-refractivity contribution in [2.75, 3.05) is 12.3 Å². The lowest BCUT2D eigenvalue weighted by Crippen LogP contribution is -2.13. The summed E-state index contributed by atoms with van der Waals surface area (Å²) >= 11 is 5.73. The number of benzene rings is 1. The van der Waals surface area contributed by atoms with E-state index >= 15 is 0 Å². The van der Waals surface area contributed by atoms with E-state index in [9.17, 15) is 0 Å². The van der Waals surface area contributed by atoms with E-state index in [0.29, 0.717) is 0 Å². The van der Waals surface area contributed by atoms with Crippen LogP contribution in [0.5, 0.6) is 0 Å². The zero-order chi connectivity index (χ0) is 13.5. The first-order valence-electron chi connectivity index (χ1n) is 7.41. The molecule has 1 aliphatic carbocycles. The van der Waals surface area contributed by atoms with Crippen LogP contribution in [0.3, 0.4) is 0 Å². The van der Waals surface area contributed by atoms with E-state index in [1.54, 1.807) is 0 Å². The molecule has 3 heteroatoms. The fourth-order valence-electron chi connectivity index (χ4n) is 2.57. The first kappa shape index (κ1) is 15.4. The number of halogens is 1. The summed E-state index contributed by atoms with van der Waals surface area (Å²) < 4.78 is 1.26. The van der Waals surface area contributed by atoms with Crippen LogP contribution in [0.25, 0.3) is 0 Å². The maximum atomic E-state index is 3.72. The molecule has 0 radical (unpaired) electrons. The van der Waals surface area contributed by atoms with E-state index in [-0.39, 0.29) is 0 Å². The van der Waals surface area contributed by atoms with Crippen LogP contribution in [0.15, 0.2) is 27.6 Å². The SMILES string of the molecule is CCCNCc1ccc(SCC2CCCC2)c(Br)c1. The Morgan fingerprint density at radius 3 is 2.79 bits per heavy atom. The molecule has 0 bridgehead atoms. The van der Waals surface area contributed by atoms with Gasteiger partial charge in [0, 0.05) is 21.7 Å². The van der Waals surface area contributed by atoms with E-state index in [0.717, 1.165) is 19.0 Å². The van der Waals surface area contributed by atoms with Gasteiger partial charge in [-0.15, -0.1) is 11.8 Å². The van der Waals surface area contributed by atoms with E-state index in [2.05, 4.69) is 46.4 Å². The fourth-order valence-corrected chi connectivity index (χ4v) is 4.44. The van der Waals surface area contributed by atoms with Gasteiger partial charge in [-0.1, -0.05) is 25.8 Å². The van der Waals surface area contributed by atoms with Gasteiger partial charge in [0.1, 0.15) is 0 Å². The minimum atomic E-state index is 0.947. The first-order valence-corrected chi connectivity index (χ1v) is 9.19. The smallest absolute Gasteiger partial charge is 0.0314 e. The molecule has 19 heavy (non-hydrogen) atoms. The van der Waals surface area contributed by atoms with Crippen molar-refractivity contribution in [2.45, 2.75) is 50.5 Å². The number of hydrogen-bond acceptors (Lipinski definition) is 2. The molecule has 1 fully saturated rings. The third-order valence-corrected chi connectivity index (χ3v) is 5.93. The predicted octanol–water partition coefficient (Wildman–Crippen LogP) is 5.23. The van der Waals surface area contributed by atoms with Gasteiger partial charge in [-0.25, -0.2) is 0 Å². The number of rotatable bonds is 7. The molecule has 1 saturated carbocycles. The Balaban J connectivity index is 1.83. The second kappa shape index (κ2) is 8.33. The van der Waals surface area contributed by atoms with Crippen LogP contribution in [0, 0.1) is 5.92 Å². The first-order chi connectivity index (χ1) is 9.29. The molecule has 0 amide bonds. The van der Waals surface area contributed by atoms with E-state index in [1.165, 1.54) is 52.8 Å². The largest absolute Gasteiger partial charge is 0.313 e. The van der Waals surface area contributed by atoms with Gasteiger partial charge in [0.2, 0.25) is 0 Å². The third-order valence-electron chi connectivity index (χ3n) is 3.70. The normalized spacial score (nSPS) is 16.1. The highest BCUT2D eigenvalue weighted by molar-refractivity contribution is 9.10. The van der Waals surface area contributed by atoms with Gasteiger partial charge in [0.15, 0.2) is 0 Å². The Morgan fingerprint density at radius 2 is 2.11 bits per heavy atom. The van der Waals surface area contributed by atoms with Crippen molar-refractivity contribution in [2.24, 2.45) is 5.92 Å². The second-order valence-corrected chi connectivity index (χ2v) is 7.32. The molecule has 0 atom stereocenters. The van der Waals surface area contributed by atoms with Crippen LogP contribution < -0.4 is 5.32 Å². The molecule has 0 aliphatic heterocycles. The third kappa shape index (κ3) is 5.13. The van der Waals surface area contributed by atoms with Crippen molar-refractivity contribution < 1.29 is 0 Å². The number of nitrogens with one attached hydrogen (secondary N) is 1. The Labute approximate surface area is 130 Å². The van der Waals surface area contributed by atoms with Crippen molar-refractivity contribution in [1.82, 2.24) is 5.32 Å². The van der Waals surface area contributed by atoms with Gasteiger partial charge in [-0.05, 0) is 65.4 Å². The Morgan fingerprint density at radius 1 is 1.32 bits per heavy atom. The summed E-state index contributed by atoms with van der Waals surface area (Å²) in [6.45, 7) is 4.27. The molecular formula is C16H24BrNS. The van der Waals surface area contributed by atoms with Gasteiger partial charge in [0.05, 0.1) is 0 Å². The molecule has 0 spiro atoms. The molecule has 0 heterocycles. The quantitative estimate of drug-likeness (QED) is 0.538. The molecule has 106 valence electrons. The summed E-state index contributed by atoms with van der Waals surface area (Å²) in [5.41, 5.74) is 1.37. The topological polar surface area (TPSA) is 12.0 Å². The highest BCUT2D eigenvalue weighted by atomic mass is 79.9. The monoisotopic (exact) mass is 341 g/mol. The van der Waals surface area contributed by atoms with Crippen LogP contribution in [0.4, 0.5) is 0 Å². The van der Waals surface area contributed by atoms with Gasteiger partial charge in [-0.2, -0.15) is 0 Å². The van der Waals surface area contributed by atoms with Crippen LogP contribution >= 0.6 is 27.7 Å². The molecule has 2 rings (SSSR count). The van der Waals surface area contributed by atoms with Gasteiger partial charge < -0.3 is 5.32 Å². The lowest BCUT2D eigenvalue weighted by atomic mass is 10.1. The zero-order valence-corrected chi connectivity index (χ0v) is 14.2. The summed E-state index contributed by atoms with van der Waals surface area (Å²) in [5, 5.41) is 3.45. The molecule has 1 nitrogen and oxygen atoms in total. The minimum Gasteiger partial charge on any atom is -0.313 e.